The van der Waals surface area contributed by atoms with Crippen molar-refractivity contribution in [1.29, 1.82) is 0 Å². The summed E-state index contributed by atoms with van der Waals surface area (Å²) in [6.07, 6.45) is 0.275. The van der Waals surface area contributed by atoms with Gasteiger partial charge in [0.05, 0.1) is 29.3 Å². The number of ether oxygens (including phenoxy) is 1. The molecule has 5 nitrogen and oxygen atoms in total. The van der Waals surface area contributed by atoms with Crippen molar-refractivity contribution in [3.8, 4) is 0 Å². The van der Waals surface area contributed by atoms with Gasteiger partial charge in [0.1, 0.15) is 0 Å². The second-order valence-corrected chi connectivity index (χ2v) is 6.05. The monoisotopic (exact) mass is 311 g/mol. The molecule has 1 unspecified atom stereocenters. The average molecular weight is 312 g/mol. The molecule has 1 aromatic heterocycles. The molecule has 1 atom stereocenters. The lowest BCUT2D eigenvalue weighted by Gasteiger charge is -2.22. The van der Waals surface area contributed by atoms with Crippen LogP contribution in [0.15, 0.2) is 18.2 Å². The summed E-state index contributed by atoms with van der Waals surface area (Å²) in [6.45, 7) is 2.21. The molecule has 0 saturated carbocycles. The third kappa shape index (κ3) is 3.27. The lowest BCUT2D eigenvalue weighted by atomic mass is 10.2. The van der Waals surface area contributed by atoms with Gasteiger partial charge >= 0.3 is 0 Å². The van der Waals surface area contributed by atoms with Crippen molar-refractivity contribution in [3.05, 3.63) is 23.2 Å². The van der Waals surface area contributed by atoms with Crippen LogP contribution in [0.3, 0.4) is 0 Å². The van der Waals surface area contributed by atoms with Crippen molar-refractivity contribution in [2.45, 2.75) is 12.5 Å². The Labute approximate surface area is 125 Å². The molecule has 0 aliphatic carbocycles. The Balaban J connectivity index is 1.64. The van der Waals surface area contributed by atoms with Crippen molar-refractivity contribution in [2.75, 3.05) is 25.0 Å². The van der Waals surface area contributed by atoms with Crippen LogP contribution in [0.4, 0.5) is 5.13 Å². The molecule has 7 heteroatoms. The zero-order valence-corrected chi connectivity index (χ0v) is 12.3. The molecule has 1 amide bonds. The van der Waals surface area contributed by atoms with Crippen LogP contribution in [0.2, 0.25) is 5.02 Å². The van der Waals surface area contributed by atoms with Crippen LogP contribution in [0.25, 0.3) is 10.2 Å². The highest BCUT2D eigenvalue weighted by atomic mass is 35.5. The highest BCUT2D eigenvalue weighted by molar-refractivity contribution is 7.22. The van der Waals surface area contributed by atoms with Crippen LogP contribution in [-0.2, 0) is 9.53 Å². The Morgan fingerprint density at radius 1 is 1.60 bits per heavy atom. The standard InChI is InChI=1S/C13H14ClN3O2S/c14-8-1-2-10-11(5-8)20-13(16-10)17-12(18)6-9-7-15-3-4-19-9/h1-2,5,9,15H,3-4,6-7H2,(H,16,17,18). The Bertz CT molecular complexity index is 625. The van der Waals surface area contributed by atoms with E-state index in [4.69, 9.17) is 16.3 Å². The minimum Gasteiger partial charge on any atom is -0.375 e. The maximum absolute atomic E-state index is 11.9. The van der Waals surface area contributed by atoms with Crippen LogP contribution < -0.4 is 10.6 Å². The predicted octanol–water partition coefficient (Wildman–Crippen LogP) is 2.27. The van der Waals surface area contributed by atoms with Gasteiger partial charge in [0.25, 0.3) is 0 Å². The number of halogens is 1. The van der Waals surface area contributed by atoms with Gasteiger partial charge in [-0.1, -0.05) is 22.9 Å². The highest BCUT2D eigenvalue weighted by Gasteiger charge is 2.18. The fraction of sp³-hybridized carbons (Fsp3) is 0.385. The lowest BCUT2D eigenvalue weighted by molar-refractivity contribution is -0.119. The van der Waals surface area contributed by atoms with Gasteiger partial charge in [-0.15, -0.1) is 0 Å². The minimum absolute atomic E-state index is 0.0624. The van der Waals surface area contributed by atoms with E-state index in [1.807, 2.05) is 12.1 Å². The Kier molecular flexibility index (Phi) is 4.16. The Hall–Kier alpha value is -1.21. The van der Waals surface area contributed by atoms with Crippen LogP contribution in [0.1, 0.15) is 6.42 Å². The second-order valence-electron chi connectivity index (χ2n) is 4.58. The predicted molar refractivity (Wildman–Crippen MR) is 80.5 cm³/mol. The van der Waals surface area contributed by atoms with Gasteiger partial charge in [0.2, 0.25) is 5.91 Å². The van der Waals surface area contributed by atoms with Crippen molar-refractivity contribution in [2.24, 2.45) is 0 Å². The molecule has 106 valence electrons. The van der Waals surface area contributed by atoms with E-state index in [1.54, 1.807) is 6.07 Å². The number of hydrogen-bond acceptors (Lipinski definition) is 5. The number of rotatable bonds is 3. The highest BCUT2D eigenvalue weighted by Crippen LogP contribution is 2.28. The number of hydrogen-bond donors (Lipinski definition) is 2. The summed E-state index contributed by atoms with van der Waals surface area (Å²) in [5.74, 6) is -0.0798. The van der Waals surface area contributed by atoms with Gasteiger partial charge in [-0.25, -0.2) is 4.98 Å². The van der Waals surface area contributed by atoms with E-state index in [0.717, 1.165) is 16.8 Å². The molecule has 2 heterocycles. The zero-order valence-electron chi connectivity index (χ0n) is 10.7. The fourth-order valence-electron chi connectivity index (χ4n) is 2.08. The molecule has 1 saturated heterocycles. The molecular weight excluding hydrogens is 298 g/mol. The lowest BCUT2D eigenvalue weighted by Crippen LogP contribution is -2.40. The molecule has 3 rings (SSSR count). The van der Waals surface area contributed by atoms with E-state index in [0.29, 0.717) is 29.7 Å². The second kappa shape index (κ2) is 6.05. The summed E-state index contributed by atoms with van der Waals surface area (Å²) >= 11 is 7.35. The van der Waals surface area contributed by atoms with E-state index in [2.05, 4.69) is 15.6 Å². The van der Waals surface area contributed by atoms with Crippen LogP contribution in [0, 0.1) is 0 Å². The van der Waals surface area contributed by atoms with Crippen molar-refractivity contribution >= 4 is 44.2 Å². The summed E-state index contributed by atoms with van der Waals surface area (Å²) in [5, 5.41) is 7.28. The third-order valence-corrected chi connectivity index (χ3v) is 4.18. The number of anilines is 1. The normalized spacial score (nSPS) is 19.1. The van der Waals surface area contributed by atoms with E-state index < -0.39 is 0 Å². The summed E-state index contributed by atoms with van der Waals surface area (Å²) in [5.41, 5.74) is 0.838. The van der Waals surface area contributed by atoms with Gasteiger partial charge in [0, 0.05) is 18.1 Å². The van der Waals surface area contributed by atoms with E-state index >= 15 is 0 Å². The maximum atomic E-state index is 11.9. The number of benzene rings is 1. The van der Waals surface area contributed by atoms with Crippen molar-refractivity contribution < 1.29 is 9.53 Å². The number of carbonyl (C=O) groups is 1. The number of carbonyl (C=O) groups excluding carboxylic acids is 1. The van der Waals surface area contributed by atoms with Gasteiger partial charge in [-0.2, -0.15) is 0 Å². The topological polar surface area (TPSA) is 63.2 Å². The first-order valence-electron chi connectivity index (χ1n) is 6.39. The van der Waals surface area contributed by atoms with Gasteiger partial charge < -0.3 is 15.4 Å². The Morgan fingerprint density at radius 3 is 3.30 bits per heavy atom. The minimum atomic E-state index is -0.0798. The number of thiazole rings is 1. The molecule has 1 aromatic carbocycles. The molecular formula is C13H14ClN3O2S. The average Bonchev–Trinajstić information content (AvgIpc) is 2.80. The largest absolute Gasteiger partial charge is 0.375 e. The molecule has 1 aliphatic rings. The van der Waals surface area contributed by atoms with E-state index in [1.165, 1.54) is 11.3 Å². The molecule has 1 fully saturated rings. The number of fused-ring (bicyclic) bond motifs is 1. The number of amides is 1. The summed E-state index contributed by atoms with van der Waals surface area (Å²) in [6, 6.07) is 5.48. The maximum Gasteiger partial charge on any atom is 0.228 e. The van der Waals surface area contributed by atoms with Crippen molar-refractivity contribution in [1.82, 2.24) is 10.3 Å². The number of nitrogens with zero attached hydrogens (tertiary/aromatic N) is 1. The fourth-order valence-corrected chi connectivity index (χ4v) is 3.24. The Morgan fingerprint density at radius 2 is 2.50 bits per heavy atom. The van der Waals surface area contributed by atoms with Gasteiger partial charge in [0.15, 0.2) is 5.13 Å². The SMILES string of the molecule is O=C(CC1CNCCO1)Nc1nc2ccc(Cl)cc2s1. The van der Waals surface area contributed by atoms with Gasteiger partial charge in [-0.05, 0) is 18.2 Å². The molecule has 1 aliphatic heterocycles. The molecule has 0 radical (unpaired) electrons. The first kappa shape index (κ1) is 13.8. The van der Waals surface area contributed by atoms with E-state index in [-0.39, 0.29) is 12.0 Å². The zero-order chi connectivity index (χ0) is 13.9. The smallest absolute Gasteiger partial charge is 0.228 e. The summed E-state index contributed by atoms with van der Waals surface area (Å²) in [7, 11) is 0. The van der Waals surface area contributed by atoms with E-state index in [9.17, 15) is 4.79 Å². The molecule has 20 heavy (non-hydrogen) atoms. The first-order chi connectivity index (χ1) is 9.70. The number of morpholine rings is 1. The number of nitrogens with one attached hydrogen (secondary N) is 2. The van der Waals surface area contributed by atoms with Gasteiger partial charge in [-0.3, -0.25) is 4.79 Å². The first-order valence-corrected chi connectivity index (χ1v) is 7.58. The molecule has 2 N–H and O–H groups in total. The number of aromatic nitrogens is 1. The van der Waals surface area contributed by atoms with Crippen LogP contribution in [0.5, 0.6) is 0 Å². The summed E-state index contributed by atoms with van der Waals surface area (Å²) < 4.78 is 6.46. The quantitative estimate of drug-likeness (QED) is 0.913. The van der Waals surface area contributed by atoms with Crippen LogP contribution >= 0.6 is 22.9 Å². The molecule has 0 bridgehead atoms. The van der Waals surface area contributed by atoms with Crippen LogP contribution in [-0.4, -0.2) is 36.7 Å². The third-order valence-electron chi connectivity index (χ3n) is 3.01. The molecule has 2 aromatic rings. The summed E-state index contributed by atoms with van der Waals surface area (Å²) in [4.78, 5) is 16.3. The molecule has 0 spiro atoms. The van der Waals surface area contributed by atoms with Crippen molar-refractivity contribution in [3.63, 3.8) is 0 Å².